The number of ether oxygens (including phenoxy) is 1. The van der Waals surface area contributed by atoms with Gasteiger partial charge < -0.3 is 15.8 Å². The second kappa shape index (κ2) is 6.11. The molecule has 2 heterocycles. The van der Waals surface area contributed by atoms with Gasteiger partial charge >= 0.3 is 6.18 Å². The van der Waals surface area contributed by atoms with E-state index in [-0.39, 0.29) is 17.8 Å². The van der Waals surface area contributed by atoms with Crippen LogP contribution in [0.5, 0.6) is 0 Å². The van der Waals surface area contributed by atoms with Crippen LogP contribution in [0.2, 0.25) is 4.78 Å². The van der Waals surface area contributed by atoms with E-state index in [2.05, 4.69) is 26.6 Å². The number of amides is 2. The van der Waals surface area contributed by atoms with Gasteiger partial charge in [0.2, 0.25) is 0 Å². The van der Waals surface area contributed by atoms with E-state index in [1.807, 2.05) is 0 Å². The lowest BCUT2D eigenvalue weighted by molar-refractivity contribution is -0.261. The Morgan fingerprint density at radius 1 is 1.52 bits per heavy atom. The van der Waals surface area contributed by atoms with E-state index < -0.39 is 34.5 Å². The molecule has 1 unspecified atom stereocenters. The number of nitrogens with zero attached hydrogens (tertiary/aromatic N) is 1. The van der Waals surface area contributed by atoms with Gasteiger partial charge in [-0.1, -0.05) is 4.78 Å². The Morgan fingerprint density at radius 2 is 2.17 bits per heavy atom. The molecule has 10 heteroatoms. The molecule has 1 fully saturated rings. The molecule has 1 saturated heterocycles. The Morgan fingerprint density at radius 3 is 2.70 bits per heavy atom. The number of hydrogen-bond donors (Lipinski definition) is 2. The van der Waals surface area contributed by atoms with Gasteiger partial charge in [-0.15, -0.1) is 0 Å². The molecule has 2 rings (SSSR count). The van der Waals surface area contributed by atoms with Crippen molar-refractivity contribution in [3.63, 3.8) is 0 Å². The van der Waals surface area contributed by atoms with Crippen molar-refractivity contribution in [2.45, 2.75) is 36.0 Å². The maximum atomic E-state index is 13.0. The van der Waals surface area contributed by atoms with E-state index in [1.54, 1.807) is 0 Å². The first-order chi connectivity index (χ1) is 10.5. The lowest BCUT2D eigenvalue weighted by atomic mass is 10.0. The Kier molecular flexibility index (Phi) is 4.71. The second-order valence-electron chi connectivity index (χ2n) is 5.42. The van der Waals surface area contributed by atoms with Crippen molar-refractivity contribution in [3.8, 4) is 0 Å². The van der Waals surface area contributed by atoms with Crippen LogP contribution in [0.4, 0.5) is 18.9 Å². The zero-order chi connectivity index (χ0) is 17.4. The molecule has 0 aliphatic carbocycles. The Hall–Kier alpha value is -1.63. The number of pyridine rings is 1. The van der Waals surface area contributed by atoms with Gasteiger partial charge in [0.05, 0.1) is 0 Å². The Balaban J connectivity index is 2.13. The third kappa shape index (κ3) is 3.66. The average Bonchev–Trinajstić information content (AvgIpc) is 2.75. The van der Waals surface area contributed by atoms with Crippen LogP contribution in [0.15, 0.2) is 18.3 Å². The van der Waals surface area contributed by atoms with Crippen LogP contribution in [0.1, 0.15) is 23.8 Å². The van der Waals surface area contributed by atoms with Crippen molar-refractivity contribution in [3.05, 3.63) is 24.0 Å². The highest BCUT2D eigenvalue weighted by molar-refractivity contribution is 6.15. The highest BCUT2D eigenvalue weighted by atomic mass is 27.0. The molecule has 2 radical (unpaired) electrons. The van der Waals surface area contributed by atoms with Crippen LogP contribution in [0, 0.1) is 0 Å². The minimum Gasteiger partial charge on any atom is -0.364 e. The molecule has 0 spiro atoms. The van der Waals surface area contributed by atoms with Crippen molar-refractivity contribution >= 4 is 33.8 Å². The second-order valence-corrected chi connectivity index (χ2v) is 6.27. The summed E-state index contributed by atoms with van der Waals surface area (Å²) >= 11 is 2.20. The molecular weight excluding hydrogens is 330 g/mol. The van der Waals surface area contributed by atoms with Crippen LogP contribution in [-0.4, -0.2) is 51.0 Å². The van der Waals surface area contributed by atoms with Crippen LogP contribution < -0.4 is 11.1 Å². The minimum absolute atomic E-state index is 0.0716. The maximum absolute atomic E-state index is 13.0. The zero-order valence-corrected chi connectivity index (χ0v) is 13.2. The van der Waals surface area contributed by atoms with Crippen molar-refractivity contribution in [2.24, 2.45) is 5.73 Å². The number of hydrogen-bond acceptors (Lipinski definition) is 4. The number of aromatic nitrogens is 1. The number of nitrogens with one attached hydrogen (secondary N) is 1. The van der Waals surface area contributed by atoms with Crippen molar-refractivity contribution in [1.29, 1.82) is 0 Å². The smallest absolute Gasteiger partial charge is 0.364 e. The largest absolute Gasteiger partial charge is 0.417 e. The first kappa shape index (κ1) is 17.7. The minimum atomic E-state index is -4.58. The topological polar surface area (TPSA) is 94.3 Å². The molecule has 3 N–H and O–H groups in total. The number of carbonyl (C=O) groups is 2. The first-order valence-corrected chi connectivity index (χ1v) is 7.27. The predicted molar refractivity (Wildman–Crippen MR) is 74.8 cm³/mol. The average molecular weight is 343 g/mol. The molecule has 3 atom stereocenters. The first-order valence-electron chi connectivity index (χ1n) is 6.60. The molecule has 1 aromatic heterocycles. The van der Waals surface area contributed by atoms with Gasteiger partial charge in [0.1, 0.15) is 28.1 Å². The molecule has 0 bridgehead atoms. The summed E-state index contributed by atoms with van der Waals surface area (Å²) in [4.78, 5) is 26.9. The molecule has 1 aromatic rings. The van der Waals surface area contributed by atoms with E-state index in [1.165, 1.54) is 18.3 Å². The predicted octanol–water partition coefficient (Wildman–Crippen LogP) is 1.19. The lowest BCUT2D eigenvalue weighted by Gasteiger charge is -2.27. The van der Waals surface area contributed by atoms with Crippen molar-refractivity contribution < 1.29 is 27.5 Å². The van der Waals surface area contributed by atoms with E-state index >= 15 is 0 Å². The summed E-state index contributed by atoms with van der Waals surface area (Å²) in [5.41, 5.74) is 2.82. The van der Waals surface area contributed by atoms with Crippen molar-refractivity contribution in [2.75, 3.05) is 5.32 Å². The normalized spacial score (nSPS) is 27.7. The third-order valence-electron chi connectivity index (χ3n) is 3.54. The van der Waals surface area contributed by atoms with Crippen LogP contribution in [0.3, 0.4) is 0 Å². The number of primary amides is 1. The van der Waals surface area contributed by atoms with Crippen LogP contribution in [-0.2, 0) is 9.53 Å². The maximum Gasteiger partial charge on any atom is 0.417 e. The number of carbonyl (C=O) groups excluding carboxylic acids is 2. The molecule has 1 aliphatic rings. The quantitative estimate of drug-likeness (QED) is 0.806. The van der Waals surface area contributed by atoms with E-state index in [4.69, 9.17) is 10.5 Å². The van der Waals surface area contributed by atoms with E-state index in [0.717, 1.165) is 6.92 Å². The van der Waals surface area contributed by atoms with Gasteiger partial charge in [0.25, 0.3) is 11.8 Å². The molecule has 23 heavy (non-hydrogen) atoms. The fourth-order valence-electron chi connectivity index (χ4n) is 2.26. The summed E-state index contributed by atoms with van der Waals surface area (Å²) in [5, 5.41) is 2.41. The summed E-state index contributed by atoms with van der Waals surface area (Å²) in [6.07, 6.45) is -4.95. The zero-order valence-electron chi connectivity index (χ0n) is 12.1. The summed E-state index contributed by atoms with van der Waals surface area (Å²) in [6.45, 7) is 0.912. The molecule has 122 valence electrons. The fourth-order valence-corrected chi connectivity index (χ4v) is 2.96. The molecule has 0 saturated carbocycles. The highest BCUT2D eigenvalue weighted by Crippen LogP contribution is 2.47. The van der Waals surface area contributed by atoms with Gasteiger partial charge in [-0.3, -0.25) is 14.6 Å². The fraction of sp³-hybridized carbons (Fsp3) is 0.462. The van der Waals surface area contributed by atoms with Gasteiger partial charge in [0.15, 0.2) is 5.60 Å². The molecule has 6 nitrogen and oxygen atoms in total. The number of nitrogens with two attached hydrogens (primary N) is 1. The van der Waals surface area contributed by atoms with Gasteiger partial charge in [-0.05, 0) is 25.5 Å². The molecular formula is C13H13AlF3N3O3. The highest BCUT2D eigenvalue weighted by Gasteiger charge is 2.59. The number of halogens is 3. The number of rotatable bonds is 3. The monoisotopic (exact) mass is 343 g/mol. The summed E-state index contributed by atoms with van der Waals surface area (Å²) in [7, 11) is 0. The summed E-state index contributed by atoms with van der Waals surface area (Å²) in [5.74, 6) is -1.52. The lowest BCUT2D eigenvalue weighted by Crippen LogP contribution is -2.43. The van der Waals surface area contributed by atoms with Gasteiger partial charge in [-0.2, -0.15) is 13.2 Å². The summed E-state index contributed by atoms with van der Waals surface area (Å²) < 4.78 is 43.3. The SMILES string of the molecule is C[C@]1(C(F)(F)F)C[C@@H]([Al])C(C(=O)Nc2ccnc(C(N)=O)c2)O1. The van der Waals surface area contributed by atoms with Crippen molar-refractivity contribution in [1.82, 2.24) is 4.98 Å². The Bertz CT molecular complexity index is 640. The van der Waals surface area contributed by atoms with E-state index in [9.17, 15) is 22.8 Å². The van der Waals surface area contributed by atoms with Crippen LogP contribution >= 0.6 is 0 Å². The van der Waals surface area contributed by atoms with Gasteiger partial charge in [0, 0.05) is 11.9 Å². The third-order valence-corrected chi connectivity index (χ3v) is 4.12. The number of anilines is 1. The van der Waals surface area contributed by atoms with E-state index in [0.29, 0.717) is 0 Å². The van der Waals surface area contributed by atoms with Gasteiger partial charge in [-0.25, -0.2) is 0 Å². The van der Waals surface area contributed by atoms with Crippen LogP contribution in [0.25, 0.3) is 0 Å². The molecule has 1 aliphatic heterocycles. The number of alkyl halides is 3. The summed E-state index contributed by atoms with van der Waals surface area (Å²) in [6, 6.07) is 2.62. The molecule has 2 amide bonds. The standard InChI is InChI=1S/C13H13F3N3O3.Al/c1-12(13(14,15)16)4-2-9(22-12)11(21)19-7-3-5-18-8(6-7)10(17)20;/h2-3,5-6,9H,4H2,1H3,(H2,17,20)(H,18,19,21);/t9?,12-;/m1./s1. The molecule has 0 aromatic carbocycles. The Labute approximate surface area is 138 Å².